The third kappa shape index (κ3) is 6.63. The van der Waals surface area contributed by atoms with Gasteiger partial charge in [-0.25, -0.2) is 14.4 Å². The van der Waals surface area contributed by atoms with Gasteiger partial charge in [0.15, 0.2) is 11.6 Å². The van der Waals surface area contributed by atoms with E-state index in [1.807, 2.05) is 33.0 Å². The van der Waals surface area contributed by atoms with E-state index in [-0.39, 0.29) is 34.5 Å². The zero-order valence-electron chi connectivity index (χ0n) is 25.6. The number of hydrogen-bond donors (Lipinski definition) is 3. The van der Waals surface area contributed by atoms with Crippen LogP contribution in [0.5, 0.6) is 17.2 Å². The monoisotopic (exact) mass is 604 g/mol. The van der Waals surface area contributed by atoms with Gasteiger partial charge < -0.3 is 30.1 Å². The molecule has 1 amide bonds. The standard InChI is InChI=1S/C28H31FN6O3.C5H10O/c1-17(2)34-27(36)20-9-18(29)3-4-23(20)38-25-13-31-16-33-26(25)35-14-28(15-35)10-19(11-28)37-24-6-8-32-22-5-7-30-12-21(22)24;1-5(6)3-2-4-5/h3-4,6,8-9,13,16-17,19,30H,5,7,10-12,14-15H2,1-2H3,(H,34,36);6H,2-4H2,1H3. The summed E-state index contributed by atoms with van der Waals surface area (Å²) in [5.74, 6) is 1.37. The average molecular weight is 605 g/mol. The Morgan fingerprint density at radius 1 is 1.16 bits per heavy atom. The summed E-state index contributed by atoms with van der Waals surface area (Å²) in [6, 6.07) is 5.79. The largest absolute Gasteiger partial charge is 0.490 e. The molecule has 2 aliphatic heterocycles. The number of carbonyl (C=O) groups is 1. The number of rotatable bonds is 7. The van der Waals surface area contributed by atoms with Gasteiger partial charge in [0.1, 0.15) is 29.7 Å². The van der Waals surface area contributed by atoms with Gasteiger partial charge in [0.05, 0.1) is 17.4 Å². The second-order valence-corrected chi connectivity index (χ2v) is 13.1. The van der Waals surface area contributed by atoms with Crippen molar-refractivity contribution in [3.63, 3.8) is 0 Å². The van der Waals surface area contributed by atoms with Crippen molar-refractivity contribution in [2.75, 3.05) is 24.5 Å². The van der Waals surface area contributed by atoms with Crippen LogP contribution in [0.15, 0.2) is 43.0 Å². The quantitative estimate of drug-likeness (QED) is 0.356. The van der Waals surface area contributed by atoms with Gasteiger partial charge in [-0.05, 0) is 77.1 Å². The van der Waals surface area contributed by atoms with Crippen molar-refractivity contribution in [1.82, 2.24) is 25.6 Å². The first-order valence-corrected chi connectivity index (χ1v) is 15.5. The number of amides is 1. The van der Waals surface area contributed by atoms with Gasteiger partial charge >= 0.3 is 0 Å². The molecule has 1 saturated heterocycles. The lowest BCUT2D eigenvalue weighted by atomic mass is 9.61. The highest BCUT2D eigenvalue weighted by molar-refractivity contribution is 5.97. The molecule has 10 nitrogen and oxygen atoms in total. The van der Waals surface area contributed by atoms with Gasteiger partial charge in [-0.2, -0.15) is 0 Å². The number of nitrogens with zero attached hydrogens (tertiary/aromatic N) is 4. The molecule has 7 rings (SSSR count). The van der Waals surface area contributed by atoms with E-state index < -0.39 is 11.7 Å². The molecular weight excluding hydrogens is 563 g/mol. The summed E-state index contributed by atoms with van der Waals surface area (Å²) < 4.78 is 26.4. The maximum absolute atomic E-state index is 14.0. The molecule has 4 aliphatic rings. The Labute approximate surface area is 257 Å². The molecule has 3 N–H and O–H groups in total. The number of ether oxygens (including phenoxy) is 2. The highest BCUT2D eigenvalue weighted by Crippen LogP contribution is 2.52. The van der Waals surface area contributed by atoms with Crippen LogP contribution in [0, 0.1) is 11.2 Å². The average Bonchev–Trinajstić information content (AvgIpc) is 2.94. The van der Waals surface area contributed by atoms with Gasteiger partial charge in [0.25, 0.3) is 5.91 Å². The first-order valence-electron chi connectivity index (χ1n) is 15.5. The number of anilines is 1. The third-order valence-electron chi connectivity index (χ3n) is 8.82. The number of aromatic nitrogens is 3. The van der Waals surface area contributed by atoms with Crippen molar-refractivity contribution in [2.45, 2.75) is 83.6 Å². The minimum Gasteiger partial charge on any atom is -0.490 e. The summed E-state index contributed by atoms with van der Waals surface area (Å²) in [4.78, 5) is 27.9. The number of aliphatic hydroxyl groups is 1. The fourth-order valence-corrected chi connectivity index (χ4v) is 6.33. The highest BCUT2D eigenvalue weighted by Gasteiger charge is 2.54. The van der Waals surface area contributed by atoms with Crippen LogP contribution >= 0.6 is 0 Å². The SMILES string of the molecule is CC(C)NC(=O)c1cc(F)ccc1Oc1cncnc1N1CC2(CC(Oc3ccnc4c3CNCC4)C2)C1.CC1(O)CCC1. The van der Waals surface area contributed by atoms with E-state index >= 15 is 0 Å². The molecule has 0 unspecified atom stereocenters. The van der Waals surface area contributed by atoms with Gasteiger partial charge in [-0.3, -0.25) is 9.78 Å². The van der Waals surface area contributed by atoms with Crippen molar-refractivity contribution in [2.24, 2.45) is 5.41 Å². The number of hydrogen-bond acceptors (Lipinski definition) is 9. The number of benzene rings is 1. The molecule has 4 heterocycles. The molecule has 2 saturated carbocycles. The molecule has 2 aromatic heterocycles. The number of carbonyl (C=O) groups excluding carboxylic acids is 1. The predicted molar refractivity (Wildman–Crippen MR) is 164 cm³/mol. The van der Waals surface area contributed by atoms with Crippen LogP contribution in [0.25, 0.3) is 0 Å². The molecule has 2 aliphatic carbocycles. The molecule has 1 spiro atoms. The normalized spacial score (nSPS) is 19.5. The second kappa shape index (κ2) is 12.3. The maximum atomic E-state index is 14.0. The highest BCUT2D eigenvalue weighted by atomic mass is 19.1. The Hall–Kier alpha value is -3.83. The number of halogens is 1. The van der Waals surface area contributed by atoms with Crippen LogP contribution in [-0.2, 0) is 13.0 Å². The lowest BCUT2D eigenvalue weighted by Crippen LogP contribution is -2.65. The lowest BCUT2D eigenvalue weighted by Gasteiger charge is -2.59. The van der Waals surface area contributed by atoms with Crippen LogP contribution in [-0.4, -0.2) is 63.3 Å². The fourth-order valence-electron chi connectivity index (χ4n) is 6.33. The van der Waals surface area contributed by atoms with Crippen LogP contribution in [0.3, 0.4) is 0 Å². The fraction of sp³-hybridized carbons (Fsp3) is 0.515. The van der Waals surface area contributed by atoms with Crippen molar-refractivity contribution >= 4 is 11.7 Å². The van der Waals surface area contributed by atoms with Crippen molar-refractivity contribution < 1.29 is 23.8 Å². The van der Waals surface area contributed by atoms with E-state index in [2.05, 4.69) is 30.5 Å². The molecule has 234 valence electrons. The molecule has 11 heteroatoms. The maximum Gasteiger partial charge on any atom is 0.255 e. The first-order chi connectivity index (χ1) is 21.1. The van der Waals surface area contributed by atoms with Crippen molar-refractivity contribution in [3.05, 3.63) is 65.6 Å². The summed E-state index contributed by atoms with van der Waals surface area (Å²) in [6.45, 7) is 9.00. The number of pyridine rings is 1. The van der Waals surface area contributed by atoms with E-state index in [1.165, 1.54) is 36.5 Å². The summed E-state index contributed by atoms with van der Waals surface area (Å²) in [6.07, 6.45) is 11.2. The van der Waals surface area contributed by atoms with Gasteiger partial charge in [-0.1, -0.05) is 0 Å². The number of fused-ring (bicyclic) bond motifs is 1. The smallest absolute Gasteiger partial charge is 0.255 e. The van der Waals surface area contributed by atoms with Crippen molar-refractivity contribution in [1.29, 1.82) is 0 Å². The minimum absolute atomic E-state index is 0.0950. The predicted octanol–water partition coefficient (Wildman–Crippen LogP) is 4.56. The van der Waals surface area contributed by atoms with Crippen LogP contribution < -0.4 is 25.0 Å². The molecule has 44 heavy (non-hydrogen) atoms. The third-order valence-corrected chi connectivity index (χ3v) is 8.82. The van der Waals surface area contributed by atoms with Crippen LogP contribution in [0.2, 0.25) is 0 Å². The van der Waals surface area contributed by atoms with E-state index in [9.17, 15) is 9.18 Å². The minimum atomic E-state index is -0.509. The zero-order valence-corrected chi connectivity index (χ0v) is 25.6. The lowest BCUT2D eigenvalue weighted by molar-refractivity contribution is -0.0350. The molecule has 1 aromatic carbocycles. The molecule has 3 aromatic rings. The van der Waals surface area contributed by atoms with Gasteiger partial charge in [0, 0.05) is 61.5 Å². The Bertz CT molecular complexity index is 1500. The van der Waals surface area contributed by atoms with E-state index in [1.54, 1.807) is 6.20 Å². The van der Waals surface area contributed by atoms with E-state index in [0.29, 0.717) is 11.6 Å². The van der Waals surface area contributed by atoms with E-state index in [4.69, 9.17) is 14.6 Å². The van der Waals surface area contributed by atoms with Gasteiger partial charge in [-0.15, -0.1) is 0 Å². The zero-order chi connectivity index (χ0) is 30.9. The Morgan fingerprint density at radius 3 is 2.64 bits per heavy atom. The Morgan fingerprint density at radius 2 is 1.93 bits per heavy atom. The van der Waals surface area contributed by atoms with Crippen LogP contribution in [0.4, 0.5) is 10.2 Å². The topological polar surface area (TPSA) is 122 Å². The molecular formula is C33H41FN6O4. The van der Waals surface area contributed by atoms with E-state index in [0.717, 1.165) is 69.7 Å². The molecule has 0 bridgehead atoms. The molecule has 0 atom stereocenters. The first kappa shape index (κ1) is 30.2. The number of nitrogens with one attached hydrogen (secondary N) is 2. The Kier molecular flexibility index (Phi) is 8.43. The Balaban J connectivity index is 0.000000513. The summed E-state index contributed by atoms with van der Waals surface area (Å²) in [5, 5.41) is 15.1. The van der Waals surface area contributed by atoms with Gasteiger partial charge in [0.2, 0.25) is 0 Å². The van der Waals surface area contributed by atoms with Crippen LogP contribution in [0.1, 0.15) is 74.5 Å². The summed E-state index contributed by atoms with van der Waals surface area (Å²) in [7, 11) is 0. The molecule has 3 fully saturated rings. The molecule has 0 radical (unpaired) electrons. The van der Waals surface area contributed by atoms with Crippen molar-refractivity contribution in [3.8, 4) is 17.2 Å². The second-order valence-electron chi connectivity index (χ2n) is 13.1. The summed E-state index contributed by atoms with van der Waals surface area (Å²) >= 11 is 0. The summed E-state index contributed by atoms with van der Waals surface area (Å²) in [5.41, 5.74) is 2.35.